The molecule has 164 valence electrons. The summed E-state index contributed by atoms with van der Waals surface area (Å²) in [4.78, 5) is 9.63. The predicted molar refractivity (Wildman–Crippen MR) is 143 cm³/mol. The molecule has 0 unspecified atom stereocenters. The highest BCUT2D eigenvalue weighted by Crippen LogP contribution is 2.37. The number of aromatic nitrogens is 2. The second-order valence-corrected chi connectivity index (χ2v) is 8.72. The Hall–Kier alpha value is -4.52. The first-order valence-corrected chi connectivity index (χ1v) is 11.6. The van der Waals surface area contributed by atoms with Crippen molar-refractivity contribution in [2.24, 2.45) is 0 Å². The monoisotopic (exact) mass is 467 g/mol. The predicted octanol–water partition coefficient (Wildman–Crippen LogP) is 8.31. The third-order valence-corrected chi connectivity index (χ3v) is 6.46. The van der Waals surface area contributed by atoms with E-state index in [4.69, 9.17) is 21.6 Å². The molecular formula is C31H18ClN3. The quantitative estimate of drug-likeness (QED) is 0.263. The van der Waals surface area contributed by atoms with Gasteiger partial charge < -0.3 is 0 Å². The van der Waals surface area contributed by atoms with Crippen molar-refractivity contribution >= 4 is 33.4 Å². The summed E-state index contributed by atoms with van der Waals surface area (Å²) in [5.74, 6) is 0. The van der Waals surface area contributed by atoms with Crippen molar-refractivity contribution in [3.8, 4) is 39.6 Å². The molecule has 1 heterocycles. The van der Waals surface area contributed by atoms with Gasteiger partial charge in [-0.2, -0.15) is 5.26 Å². The first-order valence-electron chi connectivity index (χ1n) is 11.3. The van der Waals surface area contributed by atoms with E-state index in [0.717, 1.165) is 38.9 Å². The minimum Gasteiger partial charge on any atom is -0.243 e. The standard InChI is InChI=1S/C31H18ClN3/c32-31-30(23-7-2-1-3-8-23)34-28-17-26(22-12-10-20(19-33)11-13-22)27(18-29(28)35-31)25-15-14-21-6-4-5-9-24(21)16-25/h1-18H. The zero-order valence-electron chi connectivity index (χ0n) is 18.6. The lowest BCUT2D eigenvalue weighted by atomic mass is 9.92. The largest absolute Gasteiger partial charge is 0.243 e. The fourth-order valence-electron chi connectivity index (χ4n) is 4.42. The molecule has 5 aromatic carbocycles. The third kappa shape index (κ3) is 3.91. The number of hydrogen-bond donors (Lipinski definition) is 0. The van der Waals surface area contributed by atoms with Crippen molar-refractivity contribution in [1.82, 2.24) is 9.97 Å². The van der Waals surface area contributed by atoms with Crippen LogP contribution < -0.4 is 0 Å². The summed E-state index contributed by atoms with van der Waals surface area (Å²) >= 11 is 6.60. The number of nitriles is 1. The van der Waals surface area contributed by atoms with Crippen LogP contribution in [0.1, 0.15) is 5.56 Å². The molecule has 4 heteroatoms. The Bertz CT molecular complexity index is 1750. The molecule has 0 saturated carbocycles. The molecule has 0 amide bonds. The summed E-state index contributed by atoms with van der Waals surface area (Å²) in [5.41, 5.74) is 7.84. The van der Waals surface area contributed by atoms with Crippen LogP contribution in [0.3, 0.4) is 0 Å². The Balaban J connectivity index is 1.61. The number of rotatable bonds is 3. The van der Waals surface area contributed by atoms with Crippen LogP contribution in [0.15, 0.2) is 109 Å². The molecule has 0 N–H and O–H groups in total. The van der Waals surface area contributed by atoms with Crippen LogP contribution in [-0.4, -0.2) is 9.97 Å². The van der Waals surface area contributed by atoms with Gasteiger partial charge in [0.05, 0.1) is 22.7 Å². The first kappa shape index (κ1) is 21.0. The molecule has 6 aromatic rings. The molecule has 3 nitrogen and oxygen atoms in total. The van der Waals surface area contributed by atoms with Gasteiger partial charge in [-0.25, -0.2) is 9.97 Å². The number of benzene rings is 5. The highest BCUT2D eigenvalue weighted by molar-refractivity contribution is 6.32. The summed E-state index contributed by atoms with van der Waals surface area (Å²) in [7, 11) is 0. The van der Waals surface area contributed by atoms with Gasteiger partial charge in [-0.15, -0.1) is 0 Å². The molecule has 0 spiro atoms. The Morgan fingerprint density at radius 1 is 0.571 bits per heavy atom. The van der Waals surface area contributed by atoms with Crippen LogP contribution >= 0.6 is 11.6 Å². The normalized spacial score (nSPS) is 11.0. The van der Waals surface area contributed by atoms with Crippen LogP contribution in [0.25, 0.3) is 55.3 Å². The highest BCUT2D eigenvalue weighted by Gasteiger charge is 2.15. The number of hydrogen-bond acceptors (Lipinski definition) is 3. The Morgan fingerprint density at radius 2 is 1.20 bits per heavy atom. The van der Waals surface area contributed by atoms with E-state index in [0.29, 0.717) is 16.4 Å². The fraction of sp³-hybridized carbons (Fsp3) is 0. The molecule has 0 aliphatic rings. The van der Waals surface area contributed by atoms with Gasteiger partial charge in [0, 0.05) is 5.56 Å². The maximum absolute atomic E-state index is 9.26. The van der Waals surface area contributed by atoms with Crippen LogP contribution in [0.5, 0.6) is 0 Å². The van der Waals surface area contributed by atoms with E-state index in [1.807, 2.05) is 66.7 Å². The van der Waals surface area contributed by atoms with Gasteiger partial charge in [-0.3, -0.25) is 0 Å². The molecule has 0 radical (unpaired) electrons. The van der Waals surface area contributed by atoms with Crippen LogP contribution in [0, 0.1) is 11.3 Å². The molecule has 0 atom stereocenters. The summed E-state index contributed by atoms with van der Waals surface area (Å²) in [6, 6.07) is 38.6. The smallest absolute Gasteiger partial charge is 0.156 e. The van der Waals surface area contributed by atoms with Crippen molar-refractivity contribution < 1.29 is 0 Å². The average molecular weight is 468 g/mol. The number of halogens is 1. The maximum atomic E-state index is 9.26. The van der Waals surface area contributed by atoms with E-state index in [-0.39, 0.29) is 0 Å². The van der Waals surface area contributed by atoms with E-state index >= 15 is 0 Å². The molecule has 0 fully saturated rings. The molecule has 0 saturated heterocycles. The summed E-state index contributed by atoms with van der Waals surface area (Å²) in [5, 5.41) is 12.0. The zero-order valence-corrected chi connectivity index (χ0v) is 19.4. The minimum absolute atomic E-state index is 0.374. The molecule has 35 heavy (non-hydrogen) atoms. The average Bonchev–Trinajstić information content (AvgIpc) is 2.92. The second-order valence-electron chi connectivity index (χ2n) is 8.37. The number of fused-ring (bicyclic) bond motifs is 2. The van der Waals surface area contributed by atoms with Crippen molar-refractivity contribution in [1.29, 1.82) is 5.26 Å². The van der Waals surface area contributed by atoms with Gasteiger partial charge in [0.25, 0.3) is 0 Å². The lowest BCUT2D eigenvalue weighted by Crippen LogP contribution is -1.94. The second kappa shape index (κ2) is 8.68. The fourth-order valence-corrected chi connectivity index (χ4v) is 4.66. The van der Waals surface area contributed by atoms with Crippen molar-refractivity contribution in [2.45, 2.75) is 0 Å². The van der Waals surface area contributed by atoms with Gasteiger partial charge in [0.15, 0.2) is 5.15 Å². The van der Waals surface area contributed by atoms with E-state index < -0.39 is 0 Å². The molecule has 0 aliphatic carbocycles. The lowest BCUT2D eigenvalue weighted by Gasteiger charge is -2.14. The van der Waals surface area contributed by atoms with Gasteiger partial charge >= 0.3 is 0 Å². The Labute approximate surface area is 207 Å². The van der Waals surface area contributed by atoms with Crippen molar-refractivity contribution in [2.75, 3.05) is 0 Å². The number of nitrogens with zero attached hydrogens (tertiary/aromatic N) is 3. The van der Waals surface area contributed by atoms with E-state index in [1.54, 1.807) is 0 Å². The van der Waals surface area contributed by atoms with Gasteiger partial charge in [-0.05, 0) is 63.4 Å². The van der Waals surface area contributed by atoms with E-state index in [2.05, 4.69) is 48.5 Å². The van der Waals surface area contributed by atoms with Crippen LogP contribution in [0.4, 0.5) is 0 Å². The molecule has 0 aliphatic heterocycles. The molecule has 6 rings (SSSR count). The Morgan fingerprint density at radius 3 is 1.94 bits per heavy atom. The first-order chi connectivity index (χ1) is 17.2. The summed E-state index contributed by atoms with van der Waals surface area (Å²) in [6.07, 6.45) is 0. The third-order valence-electron chi connectivity index (χ3n) is 6.19. The van der Waals surface area contributed by atoms with Crippen molar-refractivity contribution in [3.63, 3.8) is 0 Å². The van der Waals surface area contributed by atoms with Gasteiger partial charge in [0.2, 0.25) is 0 Å². The zero-order chi connectivity index (χ0) is 23.8. The molecular weight excluding hydrogens is 450 g/mol. The van der Waals surface area contributed by atoms with Crippen molar-refractivity contribution in [3.05, 3.63) is 120 Å². The topological polar surface area (TPSA) is 49.6 Å². The van der Waals surface area contributed by atoms with Gasteiger partial charge in [-0.1, -0.05) is 90.5 Å². The minimum atomic E-state index is 0.374. The SMILES string of the molecule is N#Cc1ccc(-c2cc3nc(-c4ccccc4)c(Cl)nc3cc2-c2ccc3ccccc3c2)cc1. The lowest BCUT2D eigenvalue weighted by molar-refractivity contribution is 1.29. The van der Waals surface area contributed by atoms with Crippen LogP contribution in [0.2, 0.25) is 5.15 Å². The molecule has 0 bridgehead atoms. The van der Waals surface area contributed by atoms with E-state index in [1.165, 1.54) is 10.8 Å². The maximum Gasteiger partial charge on any atom is 0.156 e. The Kier molecular flexibility index (Phi) is 5.22. The van der Waals surface area contributed by atoms with E-state index in [9.17, 15) is 5.26 Å². The van der Waals surface area contributed by atoms with Gasteiger partial charge in [0.1, 0.15) is 5.69 Å². The highest BCUT2D eigenvalue weighted by atomic mass is 35.5. The van der Waals surface area contributed by atoms with Crippen LogP contribution in [-0.2, 0) is 0 Å². The molecule has 1 aromatic heterocycles. The summed E-state index contributed by atoms with van der Waals surface area (Å²) in [6.45, 7) is 0. The summed E-state index contributed by atoms with van der Waals surface area (Å²) < 4.78 is 0.